The average Bonchev–Trinajstić information content (AvgIpc) is 2.50. The van der Waals surface area contributed by atoms with Crippen molar-refractivity contribution in [2.45, 2.75) is 13.8 Å². The second kappa shape index (κ2) is 7.04. The number of anilines is 1. The van der Waals surface area contributed by atoms with E-state index in [1.54, 1.807) is 11.0 Å². The predicted molar refractivity (Wildman–Crippen MR) is 84.2 cm³/mol. The van der Waals surface area contributed by atoms with Crippen molar-refractivity contribution in [1.29, 1.82) is 0 Å². The van der Waals surface area contributed by atoms with E-state index in [4.69, 9.17) is 10.5 Å². The number of benzene rings is 1. The van der Waals surface area contributed by atoms with Crippen molar-refractivity contribution < 1.29 is 9.53 Å². The molecule has 0 unspecified atom stereocenters. The number of carbonyl (C=O) groups is 1. The number of nitrogens with zero attached hydrogens (tertiary/aromatic N) is 2. The van der Waals surface area contributed by atoms with Crippen LogP contribution in [0, 0.1) is 0 Å². The van der Waals surface area contributed by atoms with E-state index in [1.165, 1.54) is 0 Å². The van der Waals surface area contributed by atoms with Crippen LogP contribution in [0.15, 0.2) is 30.3 Å². The first-order valence-corrected chi connectivity index (χ1v) is 7.19. The topological polar surface area (TPSA) is 68.5 Å². The van der Waals surface area contributed by atoms with Gasteiger partial charge in [0, 0.05) is 25.1 Å². The molecule has 1 aromatic carbocycles. The highest BCUT2D eigenvalue weighted by Gasteiger charge is 2.17. The molecule has 0 saturated carbocycles. The highest BCUT2D eigenvalue weighted by Crippen LogP contribution is 2.20. The van der Waals surface area contributed by atoms with Crippen LogP contribution in [0.1, 0.15) is 24.2 Å². The van der Waals surface area contributed by atoms with Gasteiger partial charge < -0.3 is 15.4 Å². The first-order valence-electron chi connectivity index (χ1n) is 7.19. The molecular formula is C16H21N3O2. The van der Waals surface area contributed by atoms with Crippen LogP contribution in [-0.2, 0) is 4.74 Å². The maximum absolute atomic E-state index is 12.7. The minimum Gasteiger partial charge on any atom is -0.384 e. The third kappa shape index (κ3) is 3.49. The van der Waals surface area contributed by atoms with Gasteiger partial charge in [-0.05, 0) is 26.0 Å². The maximum atomic E-state index is 12.7. The van der Waals surface area contributed by atoms with Crippen molar-refractivity contribution in [2.75, 3.05) is 32.0 Å². The summed E-state index contributed by atoms with van der Waals surface area (Å²) in [6, 6.07) is 9.18. The average molecular weight is 287 g/mol. The summed E-state index contributed by atoms with van der Waals surface area (Å²) in [4.78, 5) is 18.7. The summed E-state index contributed by atoms with van der Waals surface area (Å²) in [6.07, 6.45) is 0. The van der Waals surface area contributed by atoms with Gasteiger partial charge in [-0.3, -0.25) is 4.79 Å². The van der Waals surface area contributed by atoms with Crippen LogP contribution in [0.3, 0.4) is 0 Å². The molecule has 0 aliphatic rings. The minimum absolute atomic E-state index is 0.0393. The number of para-hydroxylation sites is 1. The number of hydrogen-bond donors (Lipinski definition) is 1. The molecule has 0 aliphatic carbocycles. The number of rotatable bonds is 6. The van der Waals surface area contributed by atoms with Crippen LogP contribution in [0.2, 0.25) is 0 Å². The Balaban J connectivity index is 2.33. The lowest BCUT2D eigenvalue weighted by atomic mass is 10.1. The van der Waals surface area contributed by atoms with Gasteiger partial charge in [-0.15, -0.1) is 0 Å². The molecule has 2 rings (SSSR count). The van der Waals surface area contributed by atoms with E-state index in [0.29, 0.717) is 37.7 Å². The molecule has 2 aromatic rings. The van der Waals surface area contributed by atoms with Gasteiger partial charge in [-0.2, -0.15) is 0 Å². The molecule has 5 nitrogen and oxygen atoms in total. The van der Waals surface area contributed by atoms with E-state index in [-0.39, 0.29) is 5.91 Å². The zero-order chi connectivity index (χ0) is 15.2. The van der Waals surface area contributed by atoms with Gasteiger partial charge in [-0.1, -0.05) is 18.2 Å². The Hall–Kier alpha value is -2.14. The smallest absolute Gasteiger partial charge is 0.254 e. The highest BCUT2D eigenvalue weighted by atomic mass is 16.5. The molecule has 0 bridgehead atoms. The molecule has 0 fully saturated rings. The number of nitrogens with two attached hydrogens (primary N) is 1. The van der Waals surface area contributed by atoms with Gasteiger partial charge in [-0.25, -0.2) is 4.98 Å². The van der Waals surface area contributed by atoms with E-state index in [9.17, 15) is 4.79 Å². The third-order valence-corrected chi connectivity index (χ3v) is 3.35. The molecule has 0 saturated heterocycles. The van der Waals surface area contributed by atoms with Crippen molar-refractivity contribution in [2.24, 2.45) is 0 Å². The fraction of sp³-hybridized carbons (Fsp3) is 0.375. The quantitative estimate of drug-likeness (QED) is 0.828. The van der Waals surface area contributed by atoms with Crippen molar-refractivity contribution in [1.82, 2.24) is 9.88 Å². The Morgan fingerprint density at radius 1 is 1.33 bits per heavy atom. The molecule has 0 atom stereocenters. The highest BCUT2D eigenvalue weighted by molar-refractivity contribution is 6.06. The second-order valence-electron chi connectivity index (χ2n) is 4.69. The molecule has 1 amide bonds. The second-order valence-corrected chi connectivity index (χ2v) is 4.69. The lowest BCUT2D eigenvalue weighted by molar-refractivity contribution is 0.0671. The first kappa shape index (κ1) is 15.3. The SMILES string of the molecule is CCOCCN(CC)C(=O)c1cc(N)nc2ccccc12. The number of carbonyl (C=O) groups excluding carboxylic acids is 1. The van der Waals surface area contributed by atoms with Gasteiger partial charge in [0.25, 0.3) is 5.91 Å². The number of fused-ring (bicyclic) bond motifs is 1. The van der Waals surface area contributed by atoms with E-state index in [0.717, 1.165) is 10.9 Å². The first-order chi connectivity index (χ1) is 10.2. The molecule has 0 spiro atoms. The van der Waals surface area contributed by atoms with Gasteiger partial charge in [0.2, 0.25) is 0 Å². The predicted octanol–water partition coefficient (Wildman–Crippen LogP) is 2.32. The Morgan fingerprint density at radius 3 is 2.81 bits per heavy atom. The number of likely N-dealkylation sites (N-methyl/N-ethyl adjacent to an activating group) is 1. The maximum Gasteiger partial charge on any atom is 0.254 e. The lowest BCUT2D eigenvalue weighted by Crippen LogP contribution is -2.34. The molecular weight excluding hydrogens is 266 g/mol. The van der Waals surface area contributed by atoms with Crippen molar-refractivity contribution in [3.63, 3.8) is 0 Å². The summed E-state index contributed by atoms with van der Waals surface area (Å²) in [5.74, 6) is 0.320. The number of pyridine rings is 1. The Morgan fingerprint density at radius 2 is 2.10 bits per heavy atom. The standard InChI is InChI=1S/C16H21N3O2/c1-3-19(9-10-21-4-2)16(20)13-11-15(17)18-14-8-6-5-7-12(13)14/h5-8,11H,3-4,9-10H2,1-2H3,(H2,17,18). The van der Waals surface area contributed by atoms with Crippen molar-refractivity contribution in [3.8, 4) is 0 Å². The summed E-state index contributed by atoms with van der Waals surface area (Å²) in [5, 5.41) is 0.826. The van der Waals surface area contributed by atoms with E-state index < -0.39 is 0 Å². The molecule has 1 heterocycles. The summed E-state index contributed by atoms with van der Waals surface area (Å²) in [5.41, 5.74) is 7.15. The lowest BCUT2D eigenvalue weighted by Gasteiger charge is -2.21. The number of amides is 1. The van der Waals surface area contributed by atoms with Crippen LogP contribution in [0.4, 0.5) is 5.82 Å². The molecule has 0 radical (unpaired) electrons. The molecule has 21 heavy (non-hydrogen) atoms. The number of nitrogen functional groups attached to an aromatic ring is 1. The van der Waals surface area contributed by atoms with Crippen LogP contribution in [-0.4, -0.2) is 42.1 Å². The number of ether oxygens (including phenoxy) is 1. The van der Waals surface area contributed by atoms with Gasteiger partial charge in [0.1, 0.15) is 5.82 Å². The van der Waals surface area contributed by atoms with Crippen molar-refractivity contribution >= 4 is 22.6 Å². The zero-order valence-corrected chi connectivity index (χ0v) is 12.5. The fourth-order valence-electron chi connectivity index (χ4n) is 2.27. The molecule has 2 N–H and O–H groups in total. The summed E-state index contributed by atoms with van der Waals surface area (Å²) in [6.45, 7) is 6.28. The molecule has 112 valence electrons. The van der Waals surface area contributed by atoms with Crippen LogP contribution >= 0.6 is 0 Å². The zero-order valence-electron chi connectivity index (χ0n) is 12.5. The molecule has 1 aromatic heterocycles. The van der Waals surface area contributed by atoms with Crippen LogP contribution in [0.5, 0.6) is 0 Å². The third-order valence-electron chi connectivity index (χ3n) is 3.35. The van der Waals surface area contributed by atoms with E-state index >= 15 is 0 Å². The summed E-state index contributed by atoms with van der Waals surface area (Å²) >= 11 is 0. The fourth-order valence-corrected chi connectivity index (χ4v) is 2.27. The number of aromatic nitrogens is 1. The Labute approximate surface area is 124 Å². The minimum atomic E-state index is -0.0393. The van der Waals surface area contributed by atoms with Crippen molar-refractivity contribution in [3.05, 3.63) is 35.9 Å². The normalized spacial score (nSPS) is 10.8. The molecule has 0 aliphatic heterocycles. The van der Waals surface area contributed by atoms with Crippen LogP contribution < -0.4 is 5.73 Å². The summed E-state index contributed by atoms with van der Waals surface area (Å²) in [7, 11) is 0. The van der Waals surface area contributed by atoms with Gasteiger partial charge in [0.15, 0.2) is 0 Å². The summed E-state index contributed by atoms with van der Waals surface area (Å²) < 4.78 is 5.33. The van der Waals surface area contributed by atoms with E-state index in [2.05, 4.69) is 4.98 Å². The largest absolute Gasteiger partial charge is 0.384 e. The van der Waals surface area contributed by atoms with E-state index in [1.807, 2.05) is 38.1 Å². The monoisotopic (exact) mass is 287 g/mol. The Bertz CT molecular complexity index is 628. The number of hydrogen-bond acceptors (Lipinski definition) is 4. The van der Waals surface area contributed by atoms with Crippen LogP contribution in [0.25, 0.3) is 10.9 Å². The van der Waals surface area contributed by atoms with Gasteiger partial charge >= 0.3 is 0 Å². The molecule has 5 heteroatoms. The Kier molecular flexibility index (Phi) is 5.11. The van der Waals surface area contributed by atoms with Gasteiger partial charge in [0.05, 0.1) is 17.7 Å².